The maximum atomic E-state index is 6.28. The van der Waals surface area contributed by atoms with Crippen molar-refractivity contribution in [2.45, 2.75) is 25.4 Å². The predicted molar refractivity (Wildman–Crippen MR) is 96.6 cm³/mol. The SMILES string of the molecule is COc1cc2c(cc1OC)CN1CCc3cc(Cl)c(Cl)cc3[C@@H]1C2. The maximum absolute atomic E-state index is 6.28. The summed E-state index contributed by atoms with van der Waals surface area (Å²) in [7, 11) is 3.36. The molecule has 1 atom stereocenters. The zero-order valence-electron chi connectivity index (χ0n) is 13.7. The molecule has 0 spiro atoms. The molecule has 0 amide bonds. The van der Waals surface area contributed by atoms with Gasteiger partial charge in [0.2, 0.25) is 0 Å². The van der Waals surface area contributed by atoms with E-state index in [1.54, 1.807) is 14.2 Å². The number of rotatable bonds is 2. The first-order valence-corrected chi connectivity index (χ1v) is 8.82. The molecule has 2 aromatic carbocycles. The second kappa shape index (κ2) is 6.14. The molecule has 4 rings (SSSR count). The molecule has 0 saturated heterocycles. The Morgan fingerprint density at radius 2 is 1.58 bits per heavy atom. The van der Waals surface area contributed by atoms with Crippen molar-refractivity contribution in [3.05, 3.63) is 56.6 Å². The summed E-state index contributed by atoms with van der Waals surface area (Å²) in [5.41, 5.74) is 5.24. The third kappa shape index (κ3) is 2.55. The lowest BCUT2D eigenvalue weighted by molar-refractivity contribution is 0.160. The van der Waals surface area contributed by atoms with Gasteiger partial charge in [-0.2, -0.15) is 0 Å². The van der Waals surface area contributed by atoms with E-state index in [2.05, 4.69) is 17.0 Å². The fourth-order valence-corrected chi connectivity index (χ4v) is 4.26. The summed E-state index contributed by atoms with van der Waals surface area (Å²) in [6.45, 7) is 1.95. The van der Waals surface area contributed by atoms with Crippen LogP contribution in [0.25, 0.3) is 0 Å². The Hall–Kier alpha value is -1.42. The van der Waals surface area contributed by atoms with Crippen molar-refractivity contribution in [3.63, 3.8) is 0 Å². The molecule has 0 bridgehead atoms. The lowest BCUT2D eigenvalue weighted by Gasteiger charge is -2.41. The number of halogens is 2. The van der Waals surface area contributed by atoms with E-state index >= 15 is 0 Å². The highest BCUT2D eigenvalue weighted by molar-refractivity contribution is 6.42. The van der Waals surface area contributed by atoms with Crippen LogP contribution >= 0.6 is 23.2 Å². The van der Waals surface area contributed by atoms with Gasteiger partial charge < -0.3 is 9.47 Å². The summed E-state index contributed by atoms with van der Waals surface area (Å²) >= 11 is 12.5. The number of hydrogen-bond acceptors (Lipinski definition) is 3. The van der Waals surface area contributed by atoms with Gasteiger partial charge >= 0.3 is 0 Å². The summed E-state index contributed by atoms with van der Waals surface area (Å²) < 4.78 is 10.9. The number of hydrogen-bond donors (Lipinski definition) is 0. The molecule has 126 valence electrons. The van der Waals surface area contributed by atoms with Gasteiger partial charge in [0.25, 0.3) is 0 Å². The zero-order chi connectivity index (χ0) is 16.8. The van der Waals surface area contributed by atoms with E-state index in [4.69, 9.17) is 32.7 Å². The summed E-state index contributed by atoms with van der Waals surface area (Å²) in [5, 5.41) is 1.28. The lowest BCUT2D eigenvalue weighted by atomic mass is 9.84. The van der Waals surface area contributed by atoms with E-state index in [9.17, 15) is 0 Å². The van der Waals surface area contributed by atoms with Crippen molar-refractivity contribution in [2.24, 2.45) is 0 Å². The van der Waals surface area contributed by atoms with Crippen molar-refractivity contribution in [1.29, 1.82) is 0 Å². The molecular formula is C19H19Cl2NO2. The highest BCUT2D eigenvalue weighted by Crippen LogP contribution is 2.43. The average molecular weight is 364 g/mol. The predicted octanol–water partition coefficient (Wildman–Crippen LogP) is 4.67. The van der Waals surface area contributed by atoms with E-state index < -0.39 is 0 Å². The smallest absolute Gasteiger partial charge is 0.161 e. The first-order valence-electron chi connectivity index (χ1n) is 8.06. The Morgan fingerprint density at radius 1 is 0.917 bits per heavy atom. The van der Waals surface area contributed by atoms with Gasteiger partial charge in [-0.25, -0.2) is 0 Å². The van der Waals surface area contributed by atoms with E-state index in [1.807, 2.05) is 12.1 Å². The lowest BCUT2D eigenvalue weighted by Crippen LogP contribution is -2.39. The third-order valence-electron chi connectivity index (χ3n) is 5.14. The molecule has 2 heterocycles. The molecule has 0 N–H and O–H groups in total. The van der Waals surface area contributed by atoms with Gasteiger partial charge in [-0.1, -0.05) is 23.2 Å². The van der Waals surface area contributed by atoms with Gasteiger partial charge in [-0.15, -0.1) is 0 Å². The van der Waals surface area contributed by atoms with Crippen LogP contribution in [0.4, 0.5) is 0 Å². The molecule has 2 aliphatic heterocycles. The fourth-order valence-electron chi connectivity index (χ4n) is 3.90. The molecule has 0 aliphatic carbocycles. The quantitative estimate of drug-likeness (QED) is 0.773. The van der Waals surface area contributed by atoms with Gasteiger partial charge in [0, 0.05) is 19.1 Å². The normalized spacial score (nSPS) is 19.2. The minimum atomic E-state index is 0.342. The molecule has 3 nitrogen and oxygen atoms in total. The van der Waals surface area contributed by atoms with Crippen LogP contribution in [0.5, 0.6) is 11.5 Å². The van der Waals surface area contributed by atoms with Gasteiger partial charge in [0.1, 0.15) is 0 Å². The van der Waals surface area contributed by atoms with Crippen LogP contribution in [-0.4, -0.2) is 25.7 Å². The molecular weight excluding hydrogens is 345 g/mol. The molecule has 0 fully saturated rings. The molecule has 0 saturated carbocycles. The second-order valence-corrected chi connectivity index (χ2v) is 7.20. The largest absolute Gasteiger partial charge is 0.493 e. The van der Waals surface area contributed by atoms with E-state index in [-0.39, 0.29) is 0 Å². The van der Waals surface area contributed by atoms with Gasteiger partial charge in [0.15, 0.2) is 11.5 Å². The van der Waals surface area contributed by atoms with Crippen LogP contribution in [0.15, 0.2) is 24.3 Å². The van der Waals surface area contributed by atoms with Crippen LogP contribution in [0.2, 0.25) is 10.0 Å². The van der Waals surface area contributed by atoms with Crippen molar-refractivity contribution >= 4 is 23.2 Å². The Morgan fingerprint density at radius 3 is 2.29 bits per heavy atom. The summed E-state index contributed by atoms with van der Waals surface area (Å²) in [5.74, 6) is 1.58. The van der Waals surface area contributed by atoms with Crippen molar-refractivity contribution in [1.82, 2.24) is 4.90 Å². The molecule has 5 heteroatoms. The highest BCUT2D eigenvalue weighted by Gasteiger charge is 2.33. The first kappa shape index (κ1) is 16.1. The number of benzene rings is 2. The van der Waals surface area contributed by atoms with Gasteiger partial charge in [-0.3, -0.25) is 4.90 Å². The van der Waals surface area contributed by atoms with Crippen LogP contribution in [0, 0.1) is 0 Å². The Balaban J connectivity index is 1.76. The van der Waals surface area contributed by atoms with Gasteiger partial charge in [-0.05, 0) is 59.4 Å². The van der Waals surface area contributed by atoms with Crippen LogP contribution < -0.4 is 9.47 Å². The highest BCUT2D eigenvalue weighted by atomic mass is 35.5. The Labute approximate surface area is 152 Å². The monoisotopic (exact) mass is 363 g/mol. The van der Waals surface area contributed by atoms with Crippen molar-refractivity contribution < 1.29 is 9.47 Å². The number of methoxy groups -OCH3 is 2. The fraction of sp³-hybridized carbons (Fsp3) is 0.368. The molecule has 0 unspecified atom stereocenters. The zero-order valence-corrected chi connectivity index (χ0v) is 15.2. The molecule has 24 heavy (non-hydrogen) atoms. The Kier molecular flexibility index (Phi) is 4.11. The van der Waals surface area contributed by atoms with Crippen LogP contribution in [-0.2, 0) is 19.4 Å². The van der Waals surface area contributed by atoms with E-state index in [0.29, 0.717) is 16.1 Å². The van der Waals surface area contributed by atoms with Crippen LogP contribution in [0.1, 0.15) is 28.3 Å². The third-order valence-corrected chi connectivity index (χ3v) is 5.86. The number of fused-ring (bicyclic) bond motifs is 4. The molecule has 2 aromatic rings. The minimum absolute atomic E-state index is 0.342. The number of ether oxygens (including phenoxy) is 2. The standard InChI is InChI=1S/C19H19Cl2NO2/c1-23-18-7-12-6-17-14-9-16(21)15(20)5-11(14)3-4-22(17)10-13(12)8-19(18)24-2/h5,7-9,17H,3-4,6,10H2,1-2H3/t17-/m0/s1. The van der Waals surface area contributed by atoms with Crippen LogP contribution in [0.3, 0.4) is 0 Å². The maximum Gasteiger partial charge on any atom is 0.161 e. The molecule has 0 aromatic heterocycles. The summed E-state index contributed by atoms with van der Waals surface area (Å²) in [6.07, 6.45) is 1.95. The van der Waals surface area contributed by atoms with Crippen molar-refractivity contribution in [2.75, 3.05) is 20.8 Å². The average Bonchev–Trinajstić information content (AvgIpc) is 2.60. The number of nitrogens with zero attached hydrogens (tertiary/aromatic N) is 1. The Bertz CT molecular complexity index is 806. The minimum Gasteiger partial charge on any atom is -0.493 e. The first-order chi connectivity index (χ1) is 11.6. The van der Waals surface area contributed by atoms with E-state index in [0.717, 1.165) is 37.4 Å². The summed E-state index contributed by atoms with van der Waals surface area (Å²) in [6, 6.07) is 8.63. The van der Waals surface area contributed by atoms with Gasteiger partial charge in [0.05, 0.1) is 24.3 Å². The molecule has 2 aliphatic rings. The second-order valence-electron chi connectivity index (χ2n) is 6.38. The molecule has 0 radical (unpaired) electrons. The summed E-state index contributed by atoms with van der Waals surface area (Å²) in [4.78, 5) is 2.51. The van der Waals surface area contributed by atoms with E-state index in [1.165, 1.54) is 22.3 Å². The topological polar surface area (TPSA) is 21.7 Å². The van der Waals surface area contributed by atoms with Crippen molar-refractivity contribution in [3.8, 4) is 11.5 Å².